The lowest BCUT2D eigenvalue weighted by molar-refractivity contribution is -0.130. The molecule has 1 aliphatic heterocycles. The van der Waals surface area contributed by atoms with E-state index in [1.807, 2.05) is 0 Å². The van der Waals surface area contributed by atoms with Crippen LogP contribution in [0.5, 0.6) is 0 Å². The van der Waals surface area contributed by atoms with Crippen LogP contribution in [-0.4, -0.2) is 11.9 Å². The molecule has 0 radical (unpaired) electrons. The first-order valence-electron chi connectivity index (χ1n) is 7.01. The van der Waals surface area contributed by atoms with Gasteiger partial charge in [-0.15, -0.1) is 0 Å². The molecule has 1 aromatic carbocycles. The summed E-state index contributed by atoms with van der Waals surface area (Å²) in [5.74, 6) is -0.0977. The van der Waals surface area contributed by atoms with Crippen molar-refractivity contribution >= 4 is 17.9 Å². The van der Waals surface area contributed by atoms with E-state index in [-0.39, 0.29) is 17.4 Å². The molecular formula is C16H16FNO2. The van der Waals surface area contributed by atoms with Gasteiger partial charge in [0.2, 0.25) is 5.90 Å². The number of esters is 1. The summed E-state index contributed by atoms with van der Waals surface area (Å²) in [6.45, 7) is 0. The van der Waals surface area contributed by atoms with Crippen LogP contribution in [-0.2, 0) is 9.53 Å². The summed E-state index contributed by atoms with van der Waals surface area (Å²) in [7, 11) is 0. The maximum Gasteiger partial charge on any atom is 0.363 e. The van der Waals surface area contributed by atoms with Crippen molar-refractivity contribution in [2.24, 2.45) is 10.9 Å². The summed E-state index contributed by atoms with van der Waals surface area (Å²) in [6.07, 6.45) is 7.00. The van der Waals surface area contributed by atoms with Crippen molar-refractivity contribution in [2.75, 3.05) is 0 Å². The minimum atomic E-state index is -0.478. The van der Waals surface area contributed by atoms with Crippen molar-refractivity contribution in [2.45, 2.75) is 32.1 Å². The van der Waals surface area contributed by atoms with E-state index in [1.54, 1.807) is 18.2 Å². The molecule has 1 aliphatic carbocycles. The van der Waals surface area contributed by atoms with Gasteiger partial charge in [-0.2, -0.15) is 0 Å². The van der Waals surface area contributed by atoms with Crippen molar-refractivity contribution in [3.63, 3.8) is 0 Å². The fraction of sp³-hybridized carbons (Fsp3) is 0.375. The first-order chi connectivity index (χ1) is 9.74. The molecule has 1 heterocycles. The number of ether oxygens (including phenoxy) is 1. The number of rotatable bonds is 2. The first-order valence-corrected chi connectivity index (χ1v) is 7.01. The summed E-state index contributed by atoms with van der Waals surface area (Å²) in [5, 5.41) is 0. The van der Waals surface area contributed by atoms with Crippen LogP contribution in [0.15, 0.2) is 35.0 Å². The lowest BCUT2D eigenvalue weighted by atomic mass is 9.89. The molecule has 3 rings (SSSR count). The molecule has 0 saturated heterocycles. The van der Waals surface area contributed by atoms with Crippen LogP contribution >= 0.6 is 0 Å². The van der Waals surface area contributed by atoms with Crippen LogP contribution in [0.3, 0.4) is 0 Å². The third kappa shape index (κ3) is 2.64. The van der Waals surface area contributed by atoms with E-state index >= 15 is 0 Å². The minimum Gasteiger partial charge on any atom is -0.406 e. The highest BCUT2D eigenvalue weighted by atomic mass is 19.1. The predicted molar refractivity (Wildman–Crippen MR) is 74.5 cm³/mol. The Morgan fingerprint density at radius 3 is 2.70 bits per heavy atom. The molecule has 0 spiro atoms. The van der Waals surface area contributed by atoms with Crippen molar-refractivity contribution in [3.05, 3.63) is 41.3 Å². The van der Waals surface area contributed by atoms with Gasteiger partial charge in [0.25, 0.3) is 0 Å². The molecule has 1 fully saturated rings. The highest BCUT2D eigenvalue weighted by Crippen LogP contribution is 2.29. The van der Waals surface area contributed by atoms with Gasteiger partial charge in [-0.3, -0.25) is 0 Å². The Morgan fingerprint density at radius 1 is 1.20 bits per heavy atom. The van der Waals surface area contributed by atoms with Crippen LogP contribution in [0.25, 0.3) is 6.08 Å². The van der Waals surface area contributed by atoms with Crippen molar-refractivity contribution in [1.82, 2.24) is 0 Å². The molecule has 104 valence electrons. The highest BCUT2D eigenvalue weighted by molar-refractivity contribution is 6.07. The second-order valence-electron chi connectivity index (χ2n) is 5.23. The smallest absolute Gasteiger partial charge is 0.363 e. The lowest BCUT2D eigenvalue weighted by Crippen LogP contribution is -2.19. The number of hydrogen-bond donors (Lipinski definition) is 0. The molecule has 20 heavy (non-hydrogen) atoms. The van der Waals surface area contributed by atoms with E-state index in [4.69, 9.17) is 4.74 Å². The average molecular weight is 273 g/mol. The zero-order valence-electron chi connectivity index (χ0n) is 11.1. The van der Waals surface area contributed by atoms with E-state index in [2.05, 4.69) is 4.99 Å². The molecule has 0 amide bonds. The third-order valence-electron chi connectivity index (χ3n) is 3.79. The molecule has 1 saturated carbocycles. The minimum absolute atomic E-state index is 0.190. The Balaban J connectivity index is 1.85. The second-order valence-corrected chi connectivity index (χ2v) is 5.23. The SMILES string of the molecule is O=C1OC(C2CCCCC2)=N/C1=C\c1ccccc1F. The Labute approximate surface area is 117 Å². The topological polar surface area (TPSA) is 38.7 Å². The largest absolute Gasteiger partial charge is 0.406 e. The normalized spacial score (nSPS) is 21.9. The molecular weight excluding hydrogens is 257 g/mol. The Kier molecular flexibility index (Phi) is 3.63. The van der Waals surface area contributed by atoms with Gasteiger partial charge in [0.1, 0.15) is 5.82 Å². The molecule has 0 unspecified atom stereocenters. The maximum atomic E-state index is 13.6. The highest BCUT2D eigenvalue weighted by Gasteiger charge is 2.30. The monoisotopic (exact) mass is 273 g/mol. The number of carbonyl (C=O) groups is 1. The van der Waals surface area contributed by atoms with Gasteiger partial charge in [-0.1, -0.05) is 37.5 Å². The van der Waals surface area contributed by atoms with Gasteiger partial charge in [0.15, 0.2) is 5.70 Å². The van der Waals surface area contributed by atoms with Gasteiger partial charge >= 0.3 is 5.97 Å². The van der Waals surface area contributed by atoms with Gasteiger partial charge in [0.05, 0.1) is 0 Å². The van der Waals surface area contributed by atoms with Crippen LogP contribution in [0, 0.1) is 11.7 Å². The first kappa shape index (κ1) is 13.0. The van der Waals surface area contributed by atoms with Crippen LogP contribution < -0.4 is 0 Å². The third-order valence-corrected chi connectivity index (χ3v) is 3.79. The zero-order valence-corrected chi connectivity index (χ0v) is 11.1. The molecule has 1 aromatic rings. The van der Waals surface area contributed by atoms with E-state index in [9.17, 15) is 9.18 Å². The summed E-state index contributed by atoms with van der Waals surface area (Å²) < 4.78 is 18.8. The molecule has 2 aliphatic rings. The standard InChI is InChI=1S/C16H16FNO2/c17-13-9-5-4-8-12(13)10-14-16(19)20-15(18-14)11-6-2-1-3-7-11/h4-5,8-11H,1-3,6-7H2/b14-10-. The number of carbonyl (C=O) groups excluding carboxylic acids is 1. The molecule has 0 aromatic heterocycles. The average Bonchev–Trinajstić information content (AvgIpc) is 2.84. The van der Waals surface area contributed by atoms with Gasteiger partial charge in [-0.05, 0) is 25.0 Å². The lowest BCUT2D eigenvalue weighted by Gasteiger charge is -2.19. The summed E-state index contributed by atoms with van der Waals surface area (Å²) in [4.78, 5) is 16.1. The zero-order chi connectivity index (χ0) is 13.9. The molecule has 0 N–H and O–H groups in total. The fourth-order valence-corrected chi connectivity index (χ4v) is 2.69. The quantitative estimate of drug-likeness (QED) is 0.608. The van der Waals surface area contributed by atoms with Crippen molar-refractivity contribution in [3.8, 4) is 0 Å². The number of benzene rings is 1. The Bertz CT molecular complexity index is 586. The predicted octanol–water partition coefficient (Wildman–Crippen LogP) is 3.70. The van der Waals surface area contributed by atoms with E-state index < -0.39 is 5.97 Å². The van der Waals surface area contributed by atoms with E-state index in [1.165, 1.54) is 18.6 Å². The number of cyclic esters (lactones) is 1. The number of aliphatic imine (C=N–C) groups is 1. The molecule has 3 nitrogen and oxygen atoms in total. The van der Waals surface area contributed by atoms with Crippen molar-refractivity contribution in [1.29, 1.82) is 0 Å². The van der Waals surface area contributed by atoms with Crippen LogP contribution in [0.4, 0.5) is 4.39 Å². The van der Waals surface area contributed by atoms with Gasteiger partial charge in [-0.25, -0.2) is 14.2 Å². The van der Waals surface area contributed by atoms with Gasteiger partial charge in [0, 0.05) is 11.5 Å². The fourth-order valence-electron chi connectivity index (χ4n) is 2.69. The van der Waals surface area contributed by atoms with E-state index in [0.717, 1.165) is 25.7 Å². The maximum absolute atomic E-state index is 13.6. The van der Waals surface area contributed by atoms with Crippen molar-refractivity contribution < 1.29 is 13.9 Å². The summed E-state index contributed by atoms with van der Waals surface area (Å²) in [5.41, 5.74) is 0.545. The summed E-state index contributed by atoms with van der Waals surface area (Å²) in [6, 6.07) is 6.31. The molecule has 4 heteroatoms. The number of hydrogen-bond acceptors (Lipinski definition) is 3. The Hall–Kier alpha value is -1.97. The number of halogens is 1. The van der Waals surface area contributed by atoms with E-state index in [0.29, 0.717) is 11.5 Å². The van der Waals surface area contributed by atoms with Gasteiger partial charge < -0.3 is 4.74 Å². The number of nitrogens with zero attached hydrogens (tertiary/aromatic N) is 1. The molecule has 0 bridgehead atoms. The second kappa shape index (κ2) is 5.57. The molecule has 0 atom stereocenters. The summed E-state index contributed by atoms with van der Waals surface area (Å²) >= 11 is 0. The van der Waals surface area contributed by atoms with Crippen LogP contribution in [0.1, 0.15) is 37.7 Å². The van der Waals surface area contributed by atoms with Crippen LogP contribution in [0.2, 0.25) is 0 Å². The Morgan fingerprint density at radius 2 is 1.95 bits per heavy atom.